The lowest BCUT2D eigenvalue weighted by Crippen LogP contribution is -2.03. The van der Waals surface area contributed by atoms with Gasteiger partial charge in [0.1, 0.15) is 0 Å². The second-order valence-corrected chi connectivity index (χ2v) is 5.55. The Morgan fingerprint density at radius 1 is 1.32 bits per heavy atom. The third-order valence-electron chi connectivity index (χ3n) is 2.96. The zero-order valence-electron chi connectivity index (χ0n) is 11.4. The Morgan fingerprint density at radius 3 is 3.05 bits per heavy atom. The number of benzene rings is 1. The summed E-state index contributed by atoms with van der Waals surface area (Å²) in [5.74, 6) is 1.25. The van der Waals surface area contributed by atoms with Crippen LogP contribution in [0.3, 0.4) is 0 Å². The van der Waals surface area contributed by atoms with Crippen molar-refractivity contribution in [3.8, 4) is 0 Å². The molecule has 0 fully saturated rings. The van der Waals surface area contributed by atoms with Gasteiger partial charge >= 0.3 is 0 Å². The lowest BCUT2D eigenvalue weighted by atomic mass is 10.2. The summed E-state index contributed by atoms with van der Waals surface area (Å²) in [6, 6.07) is 8.61. The van der Waals surface area contributed by atoms with E-state index in [2.05, 4.69) is 45.4 Å². The van der Waals surface area contributed by atoms with Crippen molar-refractivity contribution in [1.29, 1.82) is 0 Å². The Kier molecular flexibility index (Phi) is 5.82. The summed E-state index contributed by atoms with van der Waals surface area (Å²) in [5.41, 5.74) is 2.51. The minimum absolute atomic E-state index is 0.877. The van der Waals surface area contributed by atoms with Crippen molar-refractivity contribution in [2.45, 2.75) is 19.4 Å². The molecule has 1 N–H and O–H groups in total. The van der Waals surface area contributed by atoms with Gasteiger partial charge in [-0.2, -0.15) is 11.8 Å². The van der Waals surface area contributed by atoms with Gasteiger partial charge in [0.15, 0.2) is 0 Å². The largest absolute Gasteiger partial charge is 0.385 e. The molecule has 0 saturated carbocycles. The highest BCUT2D eigenvalue weighted by Crippen LogP contribution is 2.12. The van der Waals surface area contributed by atoms with E-state index < -0.39 is 0 Å². The van der Waals surface area contributed by atoms with Gasteiger partial charge in [-0.1, -0.05) is 12.1 Å². The van der Waals surface area contributed by atoms with Gasteiger partial charge in [0, 0.05) is 31.2 Å². The van der Waals surface area contributed by atoms with Crippen LogP contribution in [0.25, 0.3) is 0 Å². The quantitative estimate of drug-likeness (QED) is 0.748. The van der Waals surface area contributed by atoms with Gasteiger partial charge in [0.25, 0.3) is 0 Å². The zero-order valence-corrected chi connectivity index (χ0v) is 12.2. The van der Waals surface area contributed by atoms with Gasteiger partial charge in [0.2, 0.25) is 0 Å². The van der Waals surface area contributed by atoms with Gasteiger partial charge < -0.3 is 9.88 Å². The maximum Gasteiger partial charge on any atom is 0.0949 e. The van der Waals surface area contributed by atoms with Crippen LogP contribution < -0.4 is 5.32 Å². The summed E-state index contributed by atoms with van der Waals surface area (Å²) < 4.78 is 2.08. The number of aromatic nitrogens is 2. The highest BCUT2D eigenvalue weighted by Gasteiger charge is 1.97. The Balaban J connectivity index is 1.81. The van der Waals surface area contributed by atoms with E-state index in [1.54, 1.807) is 0 Å². The molecule has 0 spiro atoms. The molecule has 0 unspecified atom stereocenters. The van der Waals surface area contributed by atoms with Gasteiger partial charge in [-0.05, 0) is 42.5 Å². The maximum absolute atomic E-state index is 4.06. The van der Waals surface area contributed by atoms with E-state index >= 15 is 0 Å². The number of imidazole rings is 1. The minimum Gasteiger partial charge on any atom is -0.385 e. The molecule has 19 heavy (non-hydrogen) atoms. The SMILES string of the molecule is CSCCCCNc1cccc(Cn2ccnc2)c1. The molecule has 0 aliphatic heterocycles. The molecule has 0 amide bonds. The molecule has 0 atom stereocenters. The van der Waals surface area contributed by atoms with Crippen molar-refractivity contribution in [1.82, 2.24) is 9.55 Å². The Morgan fingerprint density at radius 2 is 2.26 bits per heavy atom. The van der Waals surface area contributed by atoms with Crippen LogP contribution in [0, 0.1) is 0 Å². The molecule has 2 aromatic rings. The van der Waals surface area contributed by atoms with Crippen LogP contribution in [-0.4, -0.2) is 28.1 Å². The third-order valence-corrected chi connectivity index (χ3v) is 3.65. The van der Waals surface area contributed by atoms with Gasteiger partial charge in [0.05, 0.1) is 6.33 Å². The molecule has 0 bridgehead atoms. The minimum atomic E-state index is 0.877. The lowest BCUT2D eigenvalue weighted by Gasteiger charge is -2.08. The standard InChI is InChI=1S/C15H21N3S/c1-19-10-3-2-7-17-15-6-4-5-14(11-15)12-18-9-8-16-13-18/h4-6,8-9,11,13,17H,2-3,7,10,12H2,1H3. The van der Waals surface area contributed by atoms with Crippen LogP contribution in [0.2, 0.25) is 0 Å². The van der Waals surface area contributed by atoms with Crippen molar-refractivity contribution >= 4 is 17.4 Å². The molecule has 1 heterocycles. The molecule has 0 radical (unpaired) electrons. The number of unbranched alkanes of at least 4 members (excludes halogenated alkanes) is 1. The summed E-state index contributed by atoms with van der Waals surface area (Å²) in [6.07, 6.45) is 10.3. The summed E-state index contributed by atoms with van der Waals surface area (Å²) in [7, 11) is 0. The summed E-state index contributed by atoms with van der Waals surface area (Å²) >= 11 is 1.92. The van der Waals surface area contributed by atoms with Crippen LogP contribution in [0.4, 0.5) is 5.69 Å². The van der Waals surface area contributed by atoms with E-state index in [0.29, 0.717) is 0 Å². The fourth-order valence-corrected chi connectivity index (χ4v) is 2.47. The van der Waals surface area contributed by atoms with E-state index in [1.807, 2.05) is 30.5 Å². The second kappa shape index (κ2) is 7.89. The highest BCUT2D eigenvalue weighted by molar-refractivity contribution is 7.98. The number of rotatable bonds is 8. The van der Waals surface area contributed by atoms with E-state index in [4.69, 9.17) is 0 Å². The van der Waals surface area contributed by atoms with Crippen molar-refractivity contribution in [3.05, 3.63) is 48.5 Å². The zero-order chi connectivity index (χ0) is 13.3. The first-order chi connectivity index (χ1) is 9.38. The van der Waals surface area contributed by atoms with Gasteiger partial charge in [-0.25, -0.2) is 4.98 Å². The maximum atomic E-state index is 4.06. The average Bonchev–Trinajstić information content (AvgIpc) is 2.92. The number of hydrogen-bond donors (Lipinski definition) is 1. The Labute approximate surface area is 119 Å². The van der Waals surface area contributed by atoms with Crippen LogP contribution in [0.5, 0.6) is 0 Å². The number of hydrogen-bond acceptors (Lipinski definition) is 3. The topological polar surface area (TPSA) is 29.9 Å². The third kappa shape index (κ3) is 4.99. The fourth-order valence-electron chi connectivity index (χ4n) is 1.97. The first-order valence-electron chi connectivity index (χ1n) is 6.66. The van der Waals surface area contributed by atoms with Crippen LogP contribution in [-0.2, 0) is 6.54 Å². The summed E-state index contributed by atoms with van der Waals surface area (Å²) in [5, 5.41) is 3.49. The first-order valence-corrected chi connectivity index (χ1v) is 8.05. The van der Waals surface area contributed by atoms with Crippen molar-refractivity contribution in [3.63, 3.8) is 0 Å². The van der Waals surface area contributed by atoms with Crippen LogP contribution in [0.15, 0.2) is 43.0 Å². The van der Waals surface area contributed by atoms with E-state index in [-0.39, 0.29) is 0 Å². The summed E-state index contributed by atoms with van der Waals surface area (Å²) in [4.78, 5) is 4.06. The smallest absolute Gasteiger partial charge is 0.0949 e. The van der Waals surface area contributed by atoms with Crippen LogP contribution in [0.1, 0.15) is 18.4 Å². The normalized spacial score (nSPS) is 10.6. The lowest BCUT2D eigenvalue weighted by molar-refractivity contribution is 0.797. The molecule has 3 nitrogen and oxygen atoms in total. The molecule has 1 aromatic carbocycles. The number of nitrogens with zero attached hydrogens (tertiary/aromatic N) is 2. The predicted octanol–water partition coefficient (Wildman–Crippen LogP) is 3.49. The van der Waals surface area contributed by atoms with Gasteiger partial charge in [-0.3, -0.25) is 0 Å². The average molecular weight is 275 g/mol. The molecular weight excluding hydrogens is 254 g/mol. The summed E-state index contributed by atoms with van der Waals surface area (Å²) in [6.45, 7) is 1.93. The Bertz CT molecular complexity index is 468. The number of anilines is 1. The molecular formula is C15H21N3S. The van der Waals surface area contributed by atoms with Crippen molar-refractivity contribution in [2.75, 3.05) is 23.9 Å². The molecule has 102 valence electrons. The molecule has 0 aliphatic carbocycles. The molecule has 2 rings (SSSR count). The van der Waals surface area contributed by atoms with Crippen molar-refractivity contribution < 1.29 is 0 Å². The first kappa shape index (κ1) is 14.0. The predicted molar refractivity (Wildman–Crippen MR) is 83.9 cm³/mol. The van der Waals surface area contributed by atoms with Crippen molar-refractivity contribution in [2.24, 2.45) is 0 Å². The van der Waals surface area contributed by atoms with E-state index in [1.165, 1.54) is 29.8 Å². The highest BCUT2D eigenvalue weighted by atomic mass is 32.2. The molecule has 0 saturated heterocycles. The van der Waals surface area contributed by atoms with Crippen LogP contribution >= 0.6 is 11.8 Å². The van der Waals surface area contributed by atoms with E-state index in [9.17, 15) is 0 Å². The number of nitrogens with one attached hydrogen (secondary N) is 1. The molecule has 4 heteroatoms. The monoisotopic (exact) mass is 275 g/mol. The second-order valence-electron chi connectivity index (χ2n) is 4.56. The number of thioether (sulfide) groups is 1. The Hall–Kier alpha value is -1.42. The molecule has 1 aromatic heterocycles. The molecule has 0 aliphatic rings. The van der Waals surface area contributed by atoms with Gasteiger partial charge in [-0.15, -0.1) is 0 Å². The van der Waals surface area contributed by atoms with E-state index in [0.717, 1.165) is 13.1 Å². The fraction of sp³-hybridized carbons (Fsp3) is 0.400.